The van der Waals surface area contributed by atoms with E-state index < -0.39 is 5.97 Å². The van der Waals surface area contributed by atoms with Gasteiger partial charge in [-0.3, -0.25) is 4.79 Å². The van der Waals surface area contributed by atoms with Gasteiger partial charge in [-0.05, 0) is 31.0 Å². The average molecular weight is 235 g/mol. The largest absolute Gasteiger partial charge is 0.487 e. The molecule has 0 aliphatic carbocycles. The van der Waals surface area contributed by atoms with Crippen LogP contribution in [-0.4, -0.2) is 23.2 Å². The molecule has 1 heterocycles. The lowest BCUT2D eigenvalue weighted by molar-refractivity contribution is -0.135. The van der Waals surface area contributed by atoms with Gasteiger partial charge in [0.1, 0.15) is 11.4 Å². The highest BCUT2D eigenvalue weighted by molar-refractivity contribution is 5.69. The second-order valence-corrected chi connectivity index (χ2v) is 4.98. The average Bonchev–Trinajstić information content (AvgIpc) is 2.50. The predicted molar refractivity (Wildman–Crippen MR) is 64.2 cm³/mol. The summed E-state index contributed by atoms with van der Waals surface area (Å²) in [5.74, 6) is 0.104. The number of rotatable bonds is 4. The van der Waals surface area contributed by atoms with Gasteiger partial charge in [-0.25, -0.2) is 0 Å². The lowest BCUT2D eigenvalue weighted by Crippen LogP contribution is -2.24. The summed E-state index contributed by atoms with van der Waals surface area (Å²) in [6.07, 6.45) is 0.898. The van der Waals surface area contributed by atoms with Gasteiger partial charge in [0.15, 0.2) is 0 Å². The molecule has 0 saturated carbocycles. The molecule has 1 aliphatic rings. The van der Waals surface area contributed by atoms with Crippen molar-refractivity contribution >= 4 is 5.97 Å². The minimum Gasteiger partial charge on any atom is -0.487 e. The monoisotopic (exact) mass is 235 g/mol. The molecule has 0 spiro atoms. The van der Waals surface area contributed by atoms with Crippen LogP contribution >= 0.6 is 0 Å². The van der Waals surface area contributed by atoms with Crippen molar-refractivity contribution in [1.82, 2.24) is 5.32 Å². The number of carboxylic acids is 1. The van der Waals surface area contributed by atoms with Crippen molar-refractivity contribution in [3.63, 3.8) is 0 Å². The molecule has 2 N–H and O–H groups in total. The molecule has 0 amide bonds. The van der Waals surface area contributed by atoms with Gasteiger partial charge in [0, 0.05) is 13.0 Å². The van der Waals surface area contributed by atoms with Crippen LogP contribution < -0.4 is 10.1 Å². The third kappa shape index (κ3) is 2.97. The molecule has 17 heavy (non-hydrogen) atoms. The first kappa shape index (κ1) is 11.9. The van der Waals surface area contributed by atoms with Gasteiger partial charge in [-0.1, -0.05) is 12.1 Å². The van der Waals surface area contributed by atoms with E-state index in [1.807, 2.05) is 12.1 Å². The molecule has 0 bridgehead atoms. The van der Waals surface area contributed by atoms with Crippen LogP contribution in [0.5, 0.6) is 5.75 Å². The van der Waals surface area contributed by atoms with E-state index >= 15 is 0 Å². The molecule has 4 nitrogen and oxygen atoms in total. The van der Waals surface area contributed by atoms with Crippen molar-refractivity contribution in [3.05, 3.63) is 29.3 Å². The molecule has 1 aliphatic heterocycles. The number of hydrogen-bond donors (Lipinski definition) is 2. The number of ether oxygens (including phenoxy) is 1. The van der Waals surface area contributed by atoms with Crippen molar-refractivity contribution in [1.29, 1.82) is 0 Å². The highest BCUT2D eigenvalue weighted by Gasteiger charge is 2.29. The summed E-state index contributed by atoms with van der Waals surface area (Å²) in [6.45, 7) is 4.68. The van der Waals surface area contributed by atoms with Crippen LogP contribution in [0.15, 0.2) is 18.2 Å². The predicted octanol–water partition coefficient (Wildman–Crippen LogP) is 1.57. The number of hydrogen-bond acceptors (Lipinski definition) is 3. The summed E-state index contributed by atoms with van der Waals surface area (Å²) in [4.78, 5) is 10.4. The number of nitrogens with one attached hydrogen (secondary N) is 1. The van der Waals surface area contributed by atoms with E-state index in [0.717, 1.165) is 17.7 Å². The van der Waals surface area contributed by atoms with Crippen LogP contribution in [0.2, 0.25) is 0 Å². The van der Waals surface area contributed by atoms with Crippen molar-refractivity contribution in [3.8, 4) is 5.75 Å². The minimum absolute atomic E-state index is 0.0148. The quantitative estimate of drug-likeness (QED) is 0.831. The van der Waals surface area contributed by atoms with E-state index in [1.165, 1.54) is 5.56 Å². The number of fused-ring (bicyclic) bond motifs is 1. The summed E-state index contributed by atoms with van der Waals surface area (Å²) in [7, 11) is 0. The summed E-state index contributed by atoms with van der Waals surface area (Å²) in [5.41, 5.74) is 2.16. The van der Waals surface area contributed by atoms with E-state index in [4.69, 9.17) is 9.84 Å². The molecular formula is C13H17NO3. The van der Waals surface area contributed by atoms with Gasteiger partial charge in [-0.15, -0.1) is 0 Å². The molecule has 4 heteroatoms. The minimum atomic E-state index is -0.837. The maximum atomic E-state index is 10.4. The van der Waals surface area contributed by atoms with E-state index in [-0.39, 0.29) is 12.1 Å². The second-order valence-electron chi connectivity index (χ2n) is 4.98. The van der Waals surface area contributed by atoms with E-state index in [0.29, 0.717) is 6.54 Å². The topological polar surface area (TPSA) is 58.6 Å². The molecule has 0 atom stereocenters. The Morgan fingerprint density at radius 3 is 3.00 bits per heavy atom. The smallest absolute Gasteiger partial charge is 0.317 e. The van der Waals surface area contributed by atoms with Crippen molar-refractivity contribution in [2.75, 3.05) is 6.54 Å². The zero-order valence-corrected chi connectivity index (χ0v) is 10.1. The molecular weight excluding hydrogens is 218 g/mol. The zero-order chi connectivity index (χ0) is 12.5. The maximum Gasteiger partial charge on any atom is 0.317 e. The first-order valence-corrected chi connectivity index (χ1v) is 5.70. The number of carbonyl (C=O) groups is 1. The molecule has 1 aromatic rings. The maximum absolute atomic E-state index is 10.4. The van der Waals surface area contributed by atoms with E-state index in [2.05, 4.69) is 25.2 Å². The number of aliphatic carboxylic acids is 1. The first-order valence-electron chi connectivity index (χ1n) is 5.70. The lowest BCUT2D eigenvalue weighted by Gasteiger charge is -2.16. The Hall–Kier alpha value is -1.55. The summed E-state index contributed by atoms with van der Waals surface area (Å²) < 4.78 is 5.78. The summed E-state index contributed by atoms with van der Waals surface area (Å²) in [6, 6.07) is 6.01. The van der Waals surface area contributed by atoms with Crippen molar-refractivity contribution in [2.45, 2.75) is 32.4 Å². The standard InChI is InChI=1S/C13H17NO3/c1-13(2)6-10-5-9(3-4-11(10)17-13)7-14-8-12(15)16/h3-5,14H,6-8H2,1-2H3,(H,15,16). The fourth-order valence-corrected chi connectivity index (χ4v) is 2.09. The third-order valence-corrected chi connectivity index (χ3v) is 2.73. The SMILES string of the molecule is CC1(C)Cc2cc(CNCC(=O)O)ccc2O1. The van der Waals surface area contributed by atoms with Crippen LogP contribution in [0.3, 0.4) is 0 Å². The van der Waals surface area contributed by atoms with Gasteiger partial charge < -0.3 is 15.2 Å². The Morgan fingerprint density at radius 2 is 2.29 bits per heavy atom. The van der Waals surface area contributed by atoms with Gasteiger partial charge in [0.25, 0.3) is 0 Å². The Labute approximate surface area is 101 Å². The molecule has 2 rings (SSSR count). The Kier molecular flexibility index (Phi) is 3.07. The Bertz CT molecular complexity index is 440. The molecule has 0 unspecified atom stereocenters. The number of carboxylic acid groups (broad SMARTS) is 1. The second kappa shape index (κ2) is 4.37. The Morgan fingerprint density at radius 1 is 1.53 bits per heavy atom. The fraction of sp³-hybridized carbons (Fsp3) is 0.462. The van der Waals surface area contributed by atoms with Crippen LogP contribution in [0, 0.1) is 0 Å². The van der Waals surface area contributed by atoms with Crippen LogP contribution in [0.25, 0.3) is 0 Å². The van der Waals surface area contributed by atoms with Gasteiger partial charge in [0.05, 0.1) is 6.54 Å². The highest BCUT2D eigenvalue weighted by atomic mass is 16.5. The molecule has 0 fully saturated rings. The van der Waals surface area contributed by atoms with Gasteiger partial charge >= 0.3 is 5.97 Å². The third-order valence-electron chi connectivity index (χ3n) is 2.73. The zero-order valence-electron chi connectivity index (χ0n) is 10.1. The molecule has 0 saturated heterocycles. The first-order chi connectivity index (χ1) is 7.96. The summed E-state index contributed by atoms with van der Waals surface area (Å²) in [5, 5.41) is 11.4. The molecule has 0 aromatic heterocycles. The van der Waals surface area contributed by atoms with E-state index in [9.17, 15) is 4.79 Å². The van der Waals surface area contributed by atoms with Crippen LogP contribution in [-0.2, 0) is 17.8 Å². The molecule has 1 aromatic carbocycles. The summed E-state index contributed by atoms with van der Waals surface area (Å²) >= 11 is 0. The van der Waals surface area contributed by atoms with E-state index in [1.54, 1.807) is 0 Å². The van der Waals surface area contributed by atoms with Gasteiger partial charge in [-0.2, -0.15) is 0 Å². The van der Waals surface area contributed by atoms with Crippen molar-refractivity contribution < 1.29 is 14.6 Å². The van der Waals surface area contributed by atoms with Crippen LogP contribution in [0.4, 0.5) is 0 Å². The van der Waals surface area contributed by atoms with Crippen LogP contribution in [0.1, 0.15) is 25.0 Å². The van der Waals surface area contributed by atoms with Crippen molar-refractivity contribution in [2.24, 2.45) is 0 Å². The lowest BCUT2D eigenvalue weighted by atomic mass is 10.0. The normalized spacial score (nSPS) is 16.4. The number of benzene rings is 1. The molecule has 92 valence electrons. The Balaban J connectivity index is 2.01. The molecule has 0 radical (unpaired) electrons. The highest BCUT2D eigenvalue weighted by Crippen LogP contribution is 2.35. The van der Waals surface area contributed by atoms with Gasteiger partial charge in [0.2, 0.25) is 0 Å². The fourth-order valence-electron chi connectivity index (χ4n) is 2.09.